The Morgan fingerprint density at radius 2 is 1.50 bits per heavy atom. The zero-order valence-corrected chi connectivity index (χ0v) is 27.3. The maximum atomic E-state index is 12.2. The molecule has 0 aromatic carbocycles. The molecule has 2 rings (SSSR count). The number of amides is 2. The number of halogens is 1. The molecule has 1 saturated heterocycles. The number of unbranched alkanes of at least 4 members (excludes halogenated alkanes) is 13. The number of carbonyl (C=O) groups excluding carboxylic acids is 2. The molecular weight excluding hydrogens is 621 g/mol. The van der Waals surface area contributed by atoms with Gasteiger partial charge >= 0.3 is 12.2 Å². The Morgan fingerprint density at radius 1 is 0.900 bits per heavy atom. The summed E-state index contributed by atoms with van der Waals surface area (Å²) in [5.41, 5.74) is 2.10. The first-order valence-corrected chi connectivity index (χ1v) is 15.5. The number of hydrogen-bond donors (Lipinski definition) is 2. The number of nitrogens with one attached hydrogen (secondary N) is 2. The minimum atomic E-state index is -0.465. The van der Waals surface area contributed by atoms with E-state index in [9.17, 15) is 9.59 Å². The second-order valence-corrected chi connectivity index (χ2v) is 10.6. The van der Waals surface area contributed by atoms with Crippen LogP contribution in [0.1, 0.15) is 121 Å². The molecule has 2 heterocycles. The Labute approximate surface area is 259 Å². The molecule has 0 saturated carbocycles. The molecular formula is C31H54IN3O5. The first kappa shape index (κ1) is 36.4. The van der Waals surface area contributed by atoms with Gasteiger partial charge in [-0.3, -0.25) is 0 Å². The van der Waals surface area contributed by atoms with Crippen molar-refractivity contribution in [2.45, 2.75) is 129 Å². The summed E-state index contributed by atoms with van der Waals surface area (Å²) in [6.45, 7) is 6.89. The summed E-state index contributed by atoms with van der Waals surface area (Å²) in [6.07, 6.45) is 19.4. The zero-order chi connectivity index (χ0) is 28.1. The fraction of sp³-hybridized carbons (Fsp3) is 0.774. The van der Waals surface area contributed by atoms with E-state index < -0.39 is 6.09 Å². The van der Waals surface area contributed by atoms with Crippen molar-refractivity contribution in [3.05, 3.63) is 29.6 Å². The van der Waals surface area contributed by atoms with E-state index in [0.717, 1.165) is 30.6 Å². The monoisotopic (exact) mass is 675 g/mol. The van der Waals surface area contributed by atoms with Gasteiger partial charge in [0, 0.05) is 24.1 Å². The number of aryl methyl sites for hydroxylation is 1. The maximum Gasteiger partial charge on any atom is 0.407 e. The minimum Gasteiger partial charge on any atom is -1.00 e. The lowest BCUT2D eigenvalue weighted by atomic mass is 9.88. The van der Waals surface area contributed by atoms with Crippen LogP contribution in [0.4, 0.5) is 9.59 Å². The summed E-state index contributed by atoms with van der Waals surface area (Å²) in [7, 11) is 1.35. The molecule has 8 nitrogen and oxygen atoms in total. The highest BCUT2D eigenvalue weighted by molar-refractivity contribution is 5.67. The second-order valence-electron chi connectivity index (χ2n) is 10.6. The summed E-state index contributed by atoms with van der Waals surface area (Å²) in [4.78, 5) is 23.8. The number of hydrogen-bond acceptors (Lipinski definition) is 5. The molecule has 230 valence electrons. The summed E-state index contributed by atoms with van der Waals surface area (Å²) in [5, 5.41) is 5.65. The quantitative estimate of drug-likeness (QED) is 0.118. The van der Waals surface area contributed by atoms with Crippen LogP contribution in [0.15, 0.2) is 18.3 Å². The van der Waals surface area contributed by atoms with Gasteiger partial charge in [0.25, 0.3) is 0 Å². The van der Waals surface area contributed by atoms with Crippen molar-refractivity contribution in [1.82, 2.24) is 10.6 Å². The van der Waals surface area contributed by atoms with Crippen molar-refractivity contribution in [2.24, 2.45) is 0 Å². The largest absolute Gasteiger partial charge is 1.00 e. The van der Waals surface area contributed by atoms with E-state index in [1.807, 2.05) is 12.3 Å². The average Bonchev–Trinajstić information content (AvgIpc) is 2.93. The van der Waals surface area contributed by atoms with E-state index >= 15 is 0 Å². The number of pyridine rings is 1. The Bertz CT molecular complexity index is 826. The Balaban J connectivity index is 0.00000800. The van der Waals surface area contributed by atoms with Gasteiger partial charge in [-0.05, 0) is 19.4 Å². The highest BCUT2D eigenvalue weighted by atomic mass is 127. The van der Waals surface area contributed by atoms with Crippen LogP contribution < -0.4 is 39.2 Å². The highest BCUT2D eigenvalue weighted by Gasteiger charge is 2.38. The fourth-order valence-electron chi connectivity index (χ4n) is 5.17. The molecule has 1 aromatic rings. The average molecular weight is 676 g/mol. The van der Waals surface area contributed by atoms with Gasteiger partial charge in [0.1, 0.15) is 25.8 Å². The highest BCUT2D eigenvalue weighted by Crippen LogP contribution is 2.32. The molecule has 2 amide bonds. The second kappa shape index (κ2) is 23.0. The van der Waals surface area contributed by atoms with E-state index in [0.29, 0.717) is 19.7 Å². The van der Waals surface area contributed by atoms with Crippen LogP contribution in [0.25, 0.3) is 0 Å². The van der Waals surface area contributed by atoms with Crippen LogP contribution in [0.5, 0.6) is 0 Å². The van der Waals surface area contributed by atoms with E-state index in [1.165, 1.54) is 84.2 Å². The van der Waals surface area contributed by atoms with Gasteiger partial charge in [0.2, 0.25) is 5.69 Å². The lowest BCUT2D eigenvalue weighted by Crippen LogP contribution is -3.00. The van der Waals surface area contributed by atoms with Crippen molar-refractivity contribution in [3.8, 4) is 0 Å². The molecule has 0 aliphatic carbocycles. The van der Waals surface area contributed by atoms with Crippen LogP contribution in [-0.2, 0) is 27.3 Å². The van der Waals surface area contributed by atoms with Gasteiger partial charge in [-0.25, -0.2) is 14.2 Å². The number of alkyl carbamates (subject to hydrolysis) is 2. The maximum absolute atomic E-state index is 12.2. The Hall–Kier alpha value is -1.62. The van der Waals surface area contributed by atoms with Gasteiger partial charge in [-0.2, -0.15) is 0 Å². The van der Waals surface area contributed by atoms with Crippen molar-refractivity contribution >= 4 is 12.2 Å². The van der Waals surface area contributed by atoms with Crippen LogP contribution in [0.2, 0.25) is 0 Å². The molecule has 1 aliphatic rings. The molecule has 1 fully saturated rings. The topological polar surface area (TPSA) is 89.8 Å². The first-order valence-electron chi connectivity index (χ1n) is 15.5. The van der Waals surface area contributed by atoms with Crippen LogP contribution in [0, 0.1) is 0 Å². The summed E-state index contributed by atoms with van der Waals surface area (Å²) in [5.74, 6) is 0.108. The van der Waals surface area contributed by atoms with Crippen molar-refractivity contribution in [1.29, 1.82) is 0 Å². The lowest BCUT2D eigenvalue weighted by Gasteiger charge is -2.36. The summed E-state index contributed by atoms with van der Waals surface area (Å²) < 4.78 is 18.0. The molecule has 40 heavy (non-hydrogen) atoms. The number of aromatic nitrogens is 1. The molecule has 1 aromatic heterocycles. The predicted octanol–water partition coefficient (Wildman–Crippen LogP) is 3.54. The molecule has 0 spiro atoms. The lowest BCUT2D eigenvalue weighted by molar-refractivity contribution is -0.701. The third-order valence-corrected chi connectivity index (χ3v) is 7.66. The molecule has 2 unspecified atom stereocenters. The van der Waals surface area contributed by atoms with Crippen molar-refractivity contribution < 1.29 is 52.3 Å². The zero-order valence-electron chi connectivity index (χ0n) is 25.2. The molecule has 0 bridgehead atoms. The predicted molar refractivity (Wildman–Crippen MR) is 154 cm³/mol. The van der Waals surface area contributed by atoms with E-state index in [4.69, 9.17) is 14.2 Å². The minimum absolute atomic E-state index is 0. The normalized spacial score (nSPS) is 16.0. The molecule has 2 N–H and O–H groups in total. The van der Waals surface area contributed by atoms with Gasteiger partial charge in [0.05, 0.1) is 13.7 Å². The van der Waals surface area contributed by atoms with Gasteiger partial charge in [0.15, 0.2) is 6.20 Å². The van der Waals surface area contributed by atoms with E-state index in [2.05, 4.69) is 35.1 Å². The number of nitrogens with zero attached hydrogens (tertiary/aromatic N) is 1. The number of ether oxygens (including phenoxy) is 3. The van der Waals surface area contributed by atoms with Crippen molar-refractivity contribution in [2.75, 3.05) is 26.9 Å². The van der Waals surface area contributed by atoms with E-state index in [1.54, 1.807) is 0 Å². The molecule has 9 heteroatoms. The first-order chi connectivity index (χ1) is 19.1. The van der Waals surface area contributed by atoms with Gasteiger partial charge < -0.3 is 48.8 Å². The summed E-state index contributed by atoms with van der Waals surface area (Å²) in [6, 6.07) is 4.05. The molecule has 2 atom stereocenters. The SMILES string of the molecule is CCCCCCCCCCCCCCCCNC(=O)OCC1OCC1c1ccc[n+](CC)c1CNC(=O)OC.[I-]. The van der Waals surface area contributed by atoms with Gasteiger partial charge in [-0.15, -0.1) is 0 Å². The number of methoxy groups -OCH3 is 1. The Morgan fingerprint density at radius 3 is 2.02 bits per heavy atom. The fourth-order valence-corrected chi connectivity index (χ4v) is 5.17. The molecule has 1 aliphatic heterocycles. The third-order valence-electron chi connectivity index (χ3n) is 7.66. The smallest absolute Gasteiger partial charge is 0.407 e. The number of carbonyl (C=O) groups is 2. The van der Waals surface area contributed by atoms with Crippen LogP contribution in [-0.4, -0.2) is 45.2 Å². The molecule has 0 radical (unpaired) electrons. The number of rotatable bonds is 21. The standard InChI is InChI=1S/C31H53N3O5.HI/c1-4-6-7-8-9-10-11-12-13-14-15-16-17-18-21-32-31(36)39-25-29-27(24-38-29)26-20-19-22-34(5-2)28(26)23-33-30(35)37-3;/h19-20,22,27,29H,4-18,21,23-25H2,1-3H3,(H-,32,33,35,36);1H. The van der Waals surface area contributed by atoms with Crippen LogP contribution >= 0.6 is 0 Å². The van der Waals surface area contributed by atoms with Crippen molar-refractivity contribution in [3.63, 3.8) is 0 Å². The summed E-state index contributed by atoms with van der Waals surface area (Å²) >= 11 is 0. The third kappa shape index (κ3) is 14.3. The van der Waals surface area contributed by atoms with E-state index in [-0.39, 0.29) is 48.7 Å². The van der Waals surface area contributed by atoms with Crippen LogP contribution in [0.3, 0.4) is 0 Å². The van der Waals surface area contributed by atoms with Gasteiger partial charge in [-0.1, -0.05) is 90.4 Å². The Kier molecular flexibility index (Phi) is 20.9.